The van der Waals surface area contributed by atoms with E-state index in [0.29, 0.717) is 24.0 Å². The lowest BCUT2D eigenvalue weighted by molar-refractivity contribution is -0.152. The van der Waals surface area contributed by atoms with Crippen LogP contribution in [0.15, 0.2) is 60.7 Å². The van der Waals surface area contributed by atoms with Gasteiger partial charge in [-0.25, -0.2) is 9.59 Å². The average molecular weight is 867 g/mol. The SMILES string of the molecule is CO[C@@H]1/C=C\C(=O)[C@H]2OC(C)(C)O[C@H]2C/C=C/c2cc(C)cc(C)c2C(=O)O[C@H]1C.CO[C@@H]1/C=C\C(O)[C@H]2OC(C)(C)O[C@H]2C/C=C/c2cc(C)cc(C)c2C(=O)O[C@H]1C.[3H]C.[3H]C. The van der Waals surface area contributed by atoms with E-state index in [4.69, 9.17) is 40.6 Å². The van der Waals surface area contributed by atoms with Crippen LogP contribution >= 0.6 is 0 Å². The van der Waals surface area contributed by atoms with Gasteiger partial charge in [-0.15, -0.1) is 0 Å². The minimum Gasteiger partial charge on any atom is -0.456 e. The summed E-state index contributed by atoms with van der Waals surface area (Å²) in [5, 5.41) is 10.7. The molecule has 0 saturated carbocycles. The van der Waals surface area contributed by atoms with Crippen molar-refractivity contribution in [3.8, 4) is 0 Å². The van der Waals surface area contributed by atoms with Gasteiger partial charge < -0.3 is 43.0 Å². The zero-order chi connectivity index (χ0) is 48.1. The summed E-state index contributed by atoms with van der Waals surface area (Å²) in [6.07, 6.45) is 9.98. The van der Waals surface area contributed by atoms with Gasteiger partial charge >= 0.3 is 11.9 Å². The Labute approximate surface area is 372 Å². The number of aryl methyl sites for hydroxylation is 4. The molecule has 2 aromatic rings. The Morgan fingerprint density at radius 1 is 0.645 bits per heavy atom. The smallest absolute Gasteiger partial charge is 0.339 e. The van der Waals surface area contributed by atoms with Crippen LogP contribution in [-0.4, -0.2) is 104 Å². The van der Waals surface area contributed by atoms with Crippen LogP contribution in [0.4, 0.5) is 0 Å². The van der Waals surface area contributed by atoms with E-state index in [2.05, 4.69) is 0 Å². The molecule has 2 fully saturated rings. The molecule has 12 nitrogen and oxygen atoms in total. The summed E-state index contributed by atoms with van der Waals surface area (Å²) in [4.78, 5) is 38.7. The van der Waals surface area contributed by atoms with E-state index in [1.807, 2.05) is 90.1 Å². The van der Waals surface area contributed by atoms with Crippen LogP contribution in [0, 0.1) is 27.7 Å². The number of benzene rings is 2. The van der Waals surface area contributed by atoms with E-state index in [9.17, 15) is 19.5 Å². The maximum atomic E-state index is 13.0. The Hall–Kier alpha value is -4.27. The van der Waals surface area contributed by atoms with Gasteiger partial charge in [-0.3, -0.25) is 4.79 Å². The van der Waals surface area contributed by atoms with E-state index < -0.39 is 72.3 Å². The Kier molecular flexibility index (Phi) is 17.2. The number of cyclic esters (lactones) is 2. The Balaban J connectivity index is 0.000000316. The molecule has 9 atom stereocenters. The minimum absolute atomic E-state index is 0.205. The molecule has 4 aliphatic rings. The first-order valence-electron chi connectivity index (χ1n) is 22.5. The largest absolute Gasteiger partial charge is 0.456 e. The van der Waals surface area contributed by atoms with Crippen molar-refractivity contribution >= 4 is 29.9 Å². The van der Waals surface area contributed by atoms with Crippen LogP contribution in [0.25, 0.3) is 12.2 Å². The lowest BCUT2D eigenvalue weighted by Crippen LogP contribution is -2.35. The maximum Gasteiger partial charge on any atom is 0.339 e. The molecule has 0 radical (unpaired) electrons. The van der Waals surface area contributed by atoms with E-state index in [0.717, 1.165) is 33.4 Å². The fourth-order valence-corrected chi connectivity index (χ4v) is 8.12. The first-order valence-corrected chi connectivity index (χ1v) is 20.5. The number of ketones is 1. The molecule has 0 aromatic heterocycles. The monoisotopic (exact) mass is 867 g/mol. The summed E-state index contributed by atoms with van der Waals surface area (Å²) < 4.78 is 57.6. The molecule has 0 amide bonds. The molecule has 4 heterocycles. The molecule has 4 aliphatic heterocycles. The lowest BCUT2D eigenvalue weighted by Gasteiger charge is -2.23. The number of aliphatic hydroxyl groups is 1. The van der Waals surface area contributed by atoms with Gasteiger partial charge in [0.1, 0.15) is 42.7 Å². The second-order valence-electron chi connectivity index (χ2n) is 16.9. The molecular weight excluding hydrogens is 793 g/mol. The predicted octanol–water partition coefficient (Wildman–Crippen LogP) is 8.92. The number of aliphatic hydroxyl groups excluding tert-OH is 1. The van der Waals surface area contributed by atoms with Gasteiger partial charge in [0.05, 0.1) is 23.3 Å². The van der Waals surface area contributed by atoms with Crippen molar-refractivity contribution in [3.05, 3.63) is 105 Å². The highest BCUT2D eigenvalue weighted by Crippen LogP contribution is 2.34. The average Bonchev–Trinajstić information content (AvgIpc) is 3.71. The van der Waals surface area contributed by atoms with Gasteiger partial charge in [0.25, 0.3) is 0 Å². The zero-order valence-corrected chi connectivity index (χ0v) is 39.0. The van der Waals surface area contributed by atoms with Crippen molar-refractivity contribution in [1.29, 1.82) is 0 Å². The topological polar surface area (TPSA) is 145 Å². The molecule has 12 heteroatoms. The highest BCUT2D eigenvalue weighted by molar-refractivity contribution is 5.97. The molecule has 62 heavy (non-hydrogen) atoms. The molecule has 2 aromatic carbocycles. The number of carbonyl (C=O) groups excluding carboxylic acids is 3. The second kappa shape index (κ2) is 21.9. The summed E-state index contributed by atoms with van der Waals surface area (Å²) in [7, 11) is 5.56. The van der Waals surface area contributed by atoms with Crippen LogP contribution in [0.1, 0.15) is 126 Å². The molecule has 342 valence electrons. The van der Waals surface area contributed by atoms with E-state index in [-0.39, 0.29) is 11.9 Å². The van der Waals surface area contributed by atoms with Crippen LogP contribution < -0.4 is 0 Å². The normalized spacial score (nSPS) is 31.7. The highest BCUT2D eigenvalue weighted by atomic mass is 16.8. The molecular formula is C50H70O12. The third kappa shape index (κ3) is 12.9. The van der Waals surface area contributed by atoms with Gasteiger partial charge in [0.15, 0.2) is 17.4 Å². The summed E-state index contributed by atoms with van der Waals surface area (Å²) >= 11 is 0. The number of hydrogen-bond donors (Lipinski definition) is 1. The summed E-state index contributed by atoms with van der Waals surface area (Å²) in [6.45, 7) is 18.6. The lowest BCUT2D eigenvalue weighted by atomic mass is 9.97. The van der Waals surface area contributed by atoms with Gasteiger partial charge in [-0.2, -0.15) is 0 Å². The van der Waals surface area contributed by atoms with Crippen molar-refractivity contribution in [3.63, 3.8) is 0 Å². The van der Waals surface area contributed by atoms with Crippen LogP contribution in [0.2, 0.25) is 0 Å². The summed E-state index contributed by atoms with van der Waals surface area (Å²) in [5.41, 5.74) is 6.44. The molecule has 0 bridgehead atoms. The molecule has 1 unspecified atom stereocenters. The Bertz CT molecular complexity index is 2020. The molecule has 6 rings (SSSR count). The van der Waals surface area contributed by atoms with Crippen LogP contribution in [-0.2, 0) is 42.7 Å². The van der Waals surface area contributed by atoms with Crippen molar-refractivity contribution in [2.45, 2.75) is 163 Å². The summed E-state index contributed by atoms with van der Waals surface area (Å²) in [6, 6.07) is 7.84. The first-order chi connectivity index (χ1) is 30.2. The van der Waals surface area contributed by atoms with Crippen LogP contribution in [0.3, 0.4) is 0 Å². The number of esters is 2. The van der Waals surface area contributed by atoms with Crippen molar-refractivity contribution in [2.24, 2.45) is 0 Å². The Morgan fingerprint density at radius 2 is 1.10 bits per heavy atom. The summed E-state index contributed by atoms with van der Waals surface area (Å²) in [5.74, 6) is -2.66. The van der Waals surface area contributed by atoms with Gasteiger partial charge in [0, 0.05) is 17.0 Å². The van der Waals surface area contributed by atoms with E-state index in [1.165, 1.54) is 28.0 Å². The number of methoxy groups -OCH3 is 2. The second-order valence-corrected chi connectivity index (χ2v) is 16.9. The van der Waals surface area contributed by atoms with E-state index >= 15 is 0 Å². The standard InChI is InChI=1S/C24H32O6.C24H30O6.2CH4/c2*1-14-12-15(2)21-17(13-14)8-7-9-20-22(30-24(4,5)29-20)18(25)10-11-19(27-6)16(3)28-23(21)26;;/h7-8,10-13,16,18-20,22,25H,9H2,1-6H3;7-8,10-13,16,19-20,22H,9H2,1-6H3;2*1H4/b2*8-7+,11-10-;;/t16-,18?,19+,20-,22+;16-,19+,20-,22+;;/m00../s1/i;;2*1T. The van der Waals surface area contributed by atoms with Crippen molar-refractivity contribution in [2.75, 3.05) is 14.2 Å². The number of hydrogen-bond acceptors (Lipinski definition) is 12. The zero-order valence-electron chi connectivity index (χ0n) is 41.0. The number of rotatable bonds is 2. The maximum absolute atomic E-state index is 13.0. The molecule has 0 spiro atoms. The van der Waals surface area contributed by atoms with Gasteiger partial charge in [0.2, 0.25) is 0 Å². The fourth-order valence-electron chi connectivity index (χ4n) is 8.12. The van der Waals surface area contributed by atoms with Gasteiger partial charge in [-0.05, 0) is 116 Å². The third-order valence-electron chi connectivity index (χ3n) is 10.8. The fraction of sp³-hybridized carbons (Fsp3) is 0.540. The Morgan fingerprint density at radius 3 is 1.60 bits per heavy atom. The molecule has 0 aliphatic carbocycles. The van der Waals surface area contributed by atoms with Gasteiger partial charge in [-0.1, -0.05) is 86.7 Å². The number of ether oxygens (including phenoxy) is 8. The van der Waals surface area contributed by atoms with Crippen molar-refractivity contribution < 1.29 is 60.1 Å². The molecule has 1 N–H and O–H groups in total. The third-order valence-corrected chi connectivity index (χ3v) is 10.8. The molecule has 2 saturated heterocycles. The number of fused-ring (bicyclic) bond motifs is 4. The minimum atomic E-state index is -0.884. The predicted molar refractivity (Wildman–Crippen MR) is 241 cm³/mol. The number of carbonyl (C=O) groups is 3. The first kappa shape index (κ1) is 48.8. The van der Waals surface area contributed by atoms with E-state index in [1.54, 1.807) is 53.0 Å². The highest BCUT2D eigenvalue weighted by Gasteiger charge is 2.45. The van der Waals surface area contributed by atoms with Crippen molar-refractivity contribution in [1.82, 2.24) is 0 Å². The van der Waals surface area contributed by atoms with Crippen LogP contribution in [0.5, 0.6) is 0 Å². The quantitative estimate of drug-likeness (QED) is 0.227.